The first-order chi connectivity index (χ1) is 11.1. The second-order valence-electron chi connectivity index (χ2n) is 5.07. The van der Waals surface area contributed by atoms with Crippen molar-refractivity contribution in [1.82, 2.24) is 9.13 Å². The molecule has 2 aromatic carbocycles. The average Bonchev–Trinajstić information content (AvgIpc) is 2.55. The molecular formula is C17H12ClN3O2. The minimum absolute atomic E-state index is 0.106. The molecule has 5 nitrogen and oxygen atoms in total. The van der Waals surface area contributed by atoms with Crippen LogP contribution < -0.4 is 11.2 Å². The molecule has 0 N–H and O–H groups in total. The van der Waals surface area contributed by atoms with Crippen LogP contribution in [0.15, 0.2) is 58.1 Å². The molecule has 1 heterocycles. The minimum Gasteiger partial charge on any atom is -0.279 e. The van der Waals surface area contributed by atoms with E-state index < -0.39 is 5.69 Å². The Kier molecular flexibility index (Phi) is 4.00. The zero-order valence-corrected chi connectivity index (χ0v) is 12.8. The van der Waals surface area contributed by atoms with Gasteiger partial charge in [0.1, 0.15) is 6.54 Å². The zero-order valence-electron chi connectivity index (χ0n) is 12.1. The number of nitrogens with zero attached hydrogens (tertiary/aromatic N) is 3. The Morgan fingerprint density at radius 1 is 1.04 bits per heavy atom. The summed E-state index contributed by atoms with van der Waals surface area (Å²) in [5.74, 6) is 0. The van der Waals surface area contributed by atoms with Gasteiger partial charge in [0, 0.05) is 5.02 Å². The monoisotopic (exact) mass is 325 g/mol. The predicted octanol–water partition coefficient (Wildman–Crippen LogP) is 2.39. The highest BCUT2D eigenvalue weighted by Gasteiger charge is 2.12. The maximum Gasteiger partial charge on any atom is 0.332 e. The fraction of sp³-hybridized carbons (Fsp3) is 0.118. The van der Waals surface area contributed by atoms with Crippen molar-refractivity contribution in [2.24, 2.45) is 0 Å². The Bertz CT molecular complexity index is 1040. The van der Waals surface area contributed by atoms with Crippen molar-refractivity contribution >= 4 is 22.5 Å². The molecule has 0 radical (unpaired) electrons. The Morgan fingerprint density at radius 2 is 1.83 bits per heavy atom. The third-order valence-corrected chi connectivity index (χ3v) is 3.83. The lowest BCUT2D eigenvalue weighted by molar-refractivity contribution is 0.643. The van der Waals surface area contributed by atoms with Crippen LogP contribution in [0.4, 0.5) is 0 Å². The van der Waals surface area contributed by atoms with Gasteiger partial charge in [-0.2, -0.15) is 5.26 Å². The van der Waals surface area contributed by atoms with E-state index in [0.717, 1.165) is 10.1 Å². The molecule has 0 atom stereocenters. The van der Waals surface area contributed by atoms with E-state index in [-0.39, 0.29) is 18.6 Å². The quantitative estimate of drug-likeness (QED) is 0.742. The summed E-state index contributed by atoms with van der Waals surface area (Å²) in [5.41, 5.74) is 0.330. The average molecular weight is 326 g/mol. The number of aromatic nitrogens is 2. The molecule has 0 aliphatic rings. The van der Waals surface area contributed by atoms with Crippen LogP contribution in [0.1, 0.15) is 5.56 Å². The smallest absolute Gasteiger partial charge is 0.279 e. The van der Waals surface area contributed by atoms with Crippen molar-refractivity contribution < 1.29 is 0 Å². The molecule has 0 amide bonds. The molecule has 0 spiro atoms. The first-order valence-corrected chi connectivity index (χ1v) is 7.33. The summed E-state index contributed by atoms with van der Waals surface area (Å²) < 4.78 is 2.44. The van der Waals surface area contributed by atoms with Gasteiger partial charge in [-0.25, -0.2) is 4.79 Å². The first kappa shape index (κ1) is 15.1. The van der Waals surface area contributed by atoms with Crippen molar-refractivity contribution in [2.75, 3.05) is 0 Å². The van der Waals surface area contributed by atoms with Gasteiger partial charge in [-0.15, -0.1) is 0 Å². The molecule has 3 rings (SSSR count). The summed E-state index contributed by atoms with van der Waals surface area (Å²) in [6, 6.07) is 15.7. The van der Waals surface area contributed by atoms with E-state index in [0.29, 0.717) is 15.9 Å². The topological polar surface area (TPSA) is 67.8 Å². The number of fused-ring (bicyclic) bond motifs is 1. The van der Waals surface area contributed by atoms with Crippen LogP contribution in [-0.2, 0) is 13.1 Å². The van der Waals surface area contributed by atoms with Gasteiger partial charge in [-0.3, -0.25) is 13.9 Å². The highest BCUT2D eigenvalue weighted by molar-refractivity contribution is 6.30. The van der Waals surface area contributed by atoms with E-state index in [1.165, 1.54) is 4.57 Å². The number of para-hydroxylation sites is 1. The highest BCUT2D eigenvalue weighted by atomic mass is 35.5. The lowest BCUT2D eigenvalue weighted by atomic mass is 10.2. The maximum atomic E-state index is 12.6. The van der Waals surface area contributed by atoms with Crippen LogP contribution in [0.2, 0.25) is 5.02 Å². The summed E-state index contributed by atoms with van der Waals surface area (Å²) in [5, 5.41) is 9.92. The lowest BCUT2D eigenvalue weighted by Gasteiger charge is -2.12. The molecule has 3 aromatic rings. The number of benzene rings is 2. The van der Waals surface area contributed by atoms with Crippen molar-refractivity contribution in [1.29, 1.82) is 5.26 Å². The van der Waals surface area contributed by atoms with Gasteiger partial charge in [0.25, 0.3) is 5.56 Å². The van der Waals surface area contributed by atoms with Crippen LogP contribution in [-0.4, -0.2) is 9.13 Å². The van der Waals surface area contributed by atoms with Gasteiger partial charge in [0.2, 0.25) is 0 Å². The van der Waals surface area contributed by atoms with Gasteiger partial charge >= 0.3 is 5.69 Å². The molecule has 0 fully saturated rings. The van der Waals surface area contributed by atoms with E-state index in [1.807, 2.05) is 6.07 Å². The van der Waals surface area contributed by atoms with Gasteiger partial charge in [-0.1, -0.05) is 35.9 Å². The van der Waals surface area contributed by atoms with Crippen molar-refractivity contribution in [3.63, 3.8) is 0 Å². The van der Waals surface area contributed by atoms with E-state index >= 15 is 0 Å². The molecular weight excluding hydrogens is 314 g/mol. The van der Waals surface area contributed by atoms with Crippen LogP contribution in [0.25, 0.3) is 10.9 Å². The summed E-state index contributed by atoms with van der Waals surface area (Å²) in [6.45, 7) is -0.0103. The molecule has 0 saturated carbocycles. The van der Waals surface area contributed by atoms with Crippen LogP contribution in [0, 0.1) is 11.3 Å². The SMILES string of the molecule is N#CCn1c(=O)n(Cc2cccc(Cl)c2)c(=O)c2ccccc21. The molecule has 0 unspecified atom stereocenters. The van der Waals surface area contributed by atoms with Gasteiger partial charge in [0.15, 0.2) is 0 Å². The molecule has 0 bridgehead atoms. The Labute approximate surface area is 136 Å². The van der Waals surface area contributed by atoms with Crippen molar-refractivity contribution in [3.05, 3.63) is 80.0 Å². The molecule has 1 aromatic heterocycles. The third-order valence-electron chi connectivity index (χ3n) is 3.59. The summed E-state index contributed by atoms with van der Waals surface area (Å²) in [4.78, 5) is 25.3. The molecule has 0 saturated heterocycles. The normalized spacial score (nSPS) is 10.6. The second-order valence-corrected chi connectivity index (χ2v) is 5.50. The molecule has 0 aliphatic carbocycles. The van der Waals surface area contributed by atoms with Crippen LogP contribution >= 0.6 is 11.6 Å². The maximum absolute atomic E-state index is 12.6. The van der Waals surface area contributed by atoms with Crippen molar-refractivity contribution in [2.45, 2.75) is 13.1 Å². The first-order valence-electron chi connectivity index (χ1n) is 6.95. The number of hydrogen-bond donors (Lipinski definition) is 0. The van der Waals surface area contributed by atoms with E-state index in [1.54, 1.807) is 48.5 Å². The van der Waals surface area contributed by atoms with E-state index in [2.05, 4.69) is 0 Å². The summed E-state index contributed by atoms with van der Waals surface area (Å²) >= 11 is 5.95. The van der Waals surface area contributed by atoms with Gasteiger partial charge < -0.3 is 0 Å². The number of hydrogen-bond acceptors (Lipinski definition) is 3. The van der Waals surface area contributed by atoms with Crippen molar-refractivity contribution in [3.8, 4) is 6.07 Å². The minimum atomic E-state index is -0.504. The molecule has 0 aliphatic heterocycles. The van der Waals surface area contributed by atoms with Gasteiger partial charge in [0.05, 0.1) is 23.5 Å². The Morgan fingerprint density at radius 3 is 2.57 bits per heavy atom. The van der Waals surface area contributed by atoms with E-state index in [4.69, 9.17) is 16.9 Å². The molecule has 6 heteroatoms. The van der Waals surface area contributed by atoms with E-state index in [9.17, 15) is 9.59 Å². The number of rotatable bonds is 3. The second kappa shape index (κ2) is 6.11. The predicted molar refractivity (Wildman–Crippen MR) is 88.6 cm³/mol. The summed E-state index contributed by atoms with van der Waals surface area (Å²) in [7, 11) is 0. The fourth-order valence-corrected chi connectivity index (χ4v) is 2.76. The fourth-order valence-electron chi connectivity index (χ4n) is 2.55. The largest absolute Gasteiger partial charge is 0.332 e. The highest BCUT2D eigenvalue weighted by Crippen LogP contribution is 2.12. The zero-order chi connectivity index (χ0) is 16.4. The molecule has 23 heavy (non-hydrogen) atoms. The van der Waals surface area contributed by atoms with Gasteiger partial charge in [-0.05, 0) is 29.8 Å². The standard InChI is InChI=1S/C17H12ClN3O2/c18-13-5-3-4-12(10-13)11-21-16(22)14-6-1-2-7-15(14)20(9-8-19)17(21)23/h1-7,10H,9,11H2. The Hall–Kier alpha value is -2.84. The lowest BCUT2D eigenvalue weighted by Crippen LogP contribution is -2.40. The third kappa shape index (κ3) is 2.77. The number of halogens is 1. The summed E-state index contributed by atoms with van der Waals surface area (Å²) in [6.07, 6.45) is 0. The number of nitriles is 1. The van der Waals surface area contributed by atoms with Crippen LogP contribution in [0.3, 0.4) is 0 Å². The molecule has 114 valence electrons. The Balaban J connectivity index is 2.27. The van der Waals surface area contributed by atoms with Crippen LogP contribution in [0.5, 0.6) is 0 Å².